The summed E-state index contributed by atoms with van der Waals surface area (Å²) in [6, 6.07) is 1.95. The van der Waals surface area contributed by atoms with E-state index in [1.54, 1.807) is 6.26 Å². The third-order valence-corrected chi connectivity index (χ3v) is 3.58. The van der Waals surface area contributed by atoms with Gasteiger partial charge in [0.1, 0.15) is 0 Å². The van der Waals surface area contributed by atoms with Gasteiger partial charge in [-0.3, -0.25) is 0 Å². The van der Waals surface area contributed by atoms with E-state index in [-0.39, 0.29) is 0 Å². The van der Waals surface area contributed by atoms with E-state index < -0.39 is 0 Å². The third kappa shape index (κ3) is 2.16. The van der Waals surface area contributed by atoms with Crippen LogP contribution in [0.2, 0.25) is 0 Å². The quantitative estimate of drug-likeness (QED) is 0.898. The maximum Gasteiger partial charge on any atom is 0.196 e. The van der Waals surface area contributed by atoms with Crippen molar-refractivity contribution in [3.05, 3.63) is 34.8 Å². The van der Waals surface area contributed by atoms with Crippen LogP contribution in [0.1, 0.15) is 42.3 Å². The van der Waals surface area contributed by atoms with Gasteiger partial charge in [0, 0.05) is 6.54 Å². The Kier molecular flexibility index (Phi) is 3.11. The van der Waals surface area contributed by atoms with Gasteiger partial charge in [0.25, 0.3) is 0 Å². The van der Waals surface area contributed by atoms with Crippen LogP contribution in [0.25, 0.3) is 11.6 Å². The molecule has 0 aromatic carbocycles. The highest BCUT2D eigenvalue weighted by atomic mass is 16.3. The smallest absolute Gasteiger partial charge is 0.196 e. The maximum atomic E-state index is 5.53. The first-order valence-corrected chi connectivity index (χ1v) is 6.81. The molecule has 3 heterocycles. The van der Waals surface area contributed by atoms with Gasteiger partial charge < -0.3 is 9.73 Å². The highest BCUT2D eigenvalue weighted by molar-refractivity contribution is 5.53. The second kappa shape index (κ2) is 4.78. The van der Waals surface area contributed by atoms with Gasteiger partial charge in [-0.05, 0) is 43.0 Å². The molecule has 2 aromatic rings. The minimum absolute atomic E-state index is 0.406. The second-order valence-corrected chi connectivity index (χ2v) is 5.37. The van der Waals surface area contributed by atoms with Crippen LogP contribution in [-0.2, 0) is 13.0 Å². The zero-order chi connectivity index (χ0) is 13.4. The topological polar surface area (TPSA) is 51.0 Å². The van der Waals surface area contributed by atoms with E-state index in [1.165, 1.54) is 5.56 Å². The second-order valence-electron chi connectivity index (χ2n) is 5.37. The Morgan fingerprint density at radius 1 is 1.32 bits per heavy atom. The summed E-state index contributed by atoms with van der Waals surface area (Å²) in [5.41, 5.74) is 4.69. The van der Waals surface area contributed by atoms with Gasteiger partial charge in [-0.15, -0.1) is 0 Å². The summed E-state index contributed by atoms with van der Waals surface area (Å²) in [5, 5.41) is 3.37. The first-order valence-electron chi connectivity index (χ1n) is 6.81. The monoisotopic (exact) mass is 257 g/mol. The van der Waals surface area contributed by atoms with Crippen LogP contribution in [0.3, 0.4) is 0 Å². The van der Waals surface area contributed by atoms with Gasteiger partial charge in [-0.2, -0.15) is 0 Å². The van der Waals surface area contributed by atoms with Crippen LogP contribution in [0.4, 0.5) is 0 Å². The summed E-state index contributed by atoms with van der Waals surface area (Å²) in [7, 11) is 0. The highest BCUT2D eigenvalue weighted by Crippen LogP contribution is 2.27. The molecule has 4 nitrogen and oxygen atoms in total. The Balaban J connectivity index is 2.17. The minimum atomic E-state index is 0.406. The molecular formula is C15H19N3O. The molecule has 19 heavy (non-hydrogen) atoms. The number of aryl methyl sites for hydroxylation is 1. The van der Waals surface area contributed by atoms with Crippen molar-refractivity contribution in [2.75, 3.05) is 6.54 Å². The Morgan fingerprint density at radius 3 is 2.84 bits per heavy atom. The average molecular weight is 257 g/mol. The maximum absolute atomic E-state index is 5.53. The molecule has 0 saturated heterocycles. The summed E-state index contributed by atoms with van der Waals surface area (Å²) in [4.78, 5) is 9.45. The van der Waals surface area contributed by atoms with Crippen molar-refractivity contribution in [1.29, 1.82) is 0 Å². The van der Waals surface area contributed by atoms with Gasteiger partial charge in [0.05, 0.1) is 17.7 Å². The molecule has 1 N–H and O–H groups in total. The van der Waals surface area contributed by atoms with Crippen molar-refractivity contribution < 1.29 is 4.42 Å². The molecule has 3 rings (SSSR count). The lowest BCUT2D eigenvalue weighted by Gasteiger charge is -2.21. The summed E-state index contributed by atoms with van der Waals surface area (Å²) >= 11 is 0. The molecule has 0 bridgehead atoms. The summed E-state index contributed by atoms with van der Waals surface area (Å²) in [6.45, 7) is 8.22. The van der Waals surface area contributed by atoms with Crippen LogP contribution < -0.4 is 5.32 Å². The molecule has 100 valence electrons. The van der Waals surface area contributed by atoms with E-state index in [1.807, 2.05) is 13.0 Å². The van der Waals surface area contributed by atoms with Crippen LogP contribution in [-0.4, -0.2) is 16.5 Å². The van der Waals surface area contributed by atoms with Crippen molar-refractivity contribution >= 4 is 0 Å². The predicted molar refractivity (Wildman–Crippen MR) is 74.0 cm³/mol. The molecule has 4 heteroatoms. The standard InChI is InChI=1S/C15H19N3O/c1-9(2)13-11-4-6-16-8-12(11)17-15(18-13)14-10(3)5-7-19-14/h5,7,9,16H,4,6,8H2,1-3H3. The number of fused-ring (bicyclic) bond motifs is 1. The van der Waals surface area contributed by atoms with Crippen molar-refractivity contribution in [2.24, 2.45) is 0 Å². The zero-order valence-electron chi connectivity index (χ0n) is 11.7. The number of nitrogens with one attached hydrogen (secondary N) is 1. The van der Waals surface area contributed by atoms with Crippen LogP contribution in [0, 0.1) is 6.92 Å². The van der Waals surface area contributed by atoms with Crippen molar-refractivity contribution in [3.8, 4) is 11.6 Å². The highest BCUT2D eigenvalue weighted by Gasteiger charge is 2.21. The normalized spacial score (nSPS) is 14.7. The van der Waals surface area contributed by atoms with E-state index in [2.05, 4.69) is 19.2 Å². The van der Waals surface area contributed by atoms with E-state index in [9.17, 15) is 0 Å². The van der Waals surface area contributed by atoms with Gasteiger partial charge in [0.2, 0.25) is 0 Å². The molecule has 0 aliphatic carbocycles. The molecule has 1 aliphatic heterocycles. The molecule has 0 atom stereocenters. The number of rotatable bonds is 2. The van der Waals surface area contributed by atoms with E-state index >= 15 is 0 Å². The Morgan fingerprint density at radius 2 is 2.16 bits per heavy atom. The fourth-order valence-electron chi connectivity index (χ4n) is 2.57. The predicted octanol–water partition coefficient (Wildman–Crippen LogP) is 2.81. The third-order valence-electron chi connectivity index (χ3n) is 3.58. The molecular weight excluding hydrogens is 238 g/mol. The fraction of sp³-hybridized carbons (Fsp3) is 0.467. The average Bonchev–Trinajstić information content (AvgIpc) is 2.83. The van der Waals surface area contributed by atoms with Crippen molar-refractivity contribution in [3.63, 3.8) is 0 Å². The van der Waals surface area contributed by atoms with Gasteiger partial charge >= 0.3 is 0 Å². The van der Waals surface area contributed by atoms with Gasteiger partial charge in [0.15, 0.2) is 11.6 Å². The molecule has 0 fully saturated rings. The van der Waals surface area contributed by atoms with E-state index in [4.69, 9.17) is 14.4 Å². The van der Waals surface area contributed by atoms with Crippen LogP contribution in [0.15, 0.2) is 16.7 Å². The summed E-state index contributed by atoms with van der Waals surface area (Å²) < 4.78 is 5.53. The first kappa shape index (κ1) is 12.4. The molecule has 0 amide bonds. The molecule has 0 unspecified atom stereocenters. The molecule has 1 aliphatic rings. The largest absolute Gasteiger partial charge is 0.461 e. The number of nitrogens with zero attached hydrogens (tertiary/aromatic N) is 2. The van der Waals surface area contributed by atoms with Crippen molar-refractivity contribution in [1.82, 2.24) is 15.3 Å². The number of furan rings is 1. The van der Waals surface area contributed by atoms with Crippen molar-refractivity contribution in [2.45, 2.75) is 39.7 Å². The van der Waals surface area contributed by atoms with Crippen LogP contribution in [0.5, 0.6) is 0 Å². The number of hydrogen-bond donors (Lipinski definition) is 1. The SMILES string of the molecule is Cc1ccoc1-c1nc2c(c(C(C)C)n1)CCNC2. The molecule has 0 saturated carbocycles. The van der Waals surface area contributed by atoms with Crippen LogP contribution >= 0.6 is 0 Å². The molecule has 0 spiro atoms. The lowest BCUT2D eigenvalue weighted by Crippen LogP contribution is -2.27. The minimum Gasteiger partial charge on any atom is -0.461 e. The van der Waals surface area contributed by atoms with Gasteiger partial charge in [-0.25, -0.2) is 9.97 Å². The first-order chi connectivity index (χ1) is 9.16. The molecule has 0 radical (unpaired) electrons. The van der Waals surface area contributed by atoms with Gasteiger partial charge in [-0.1, -0.05) is 13.8 Å². The summed E-state index contributed by atoms with van der Waals surface area (Å²) in [5.74, 6) is 1.91. The van der Waals surface area contributed by atoms with E-state index in [0.717, 1.165) is 42.2 Å². The number of hydrogen-bond acceptors (Lipinski definition) is 4. The Hall–Kier alpha value is -1.68. The fourth-order valence-corrected chi connectivity index (χ4v) is 2.57. The van der Waals surface area contributed by atoms with E-state index in [0.29, 0.717) is 11.7 Å². The Labute approximate surface area is 113 Å². The molecule has 2 aromatic heterocycles. The lowest BCUT2D eigenvalue weighted by molar-refractivity contribution is 0.567. The lowest BCUT2D eigenvalue weighted by atomic mass is 9.97. The number of aromatic nitrogens is 2. The Bertz CT molecular complexity index is 601. The zero-order valence-corrected chi connectivity index (χ0v) is 11.7. The summed E-state index contributed by atoms with van der Waals surface area (Å²) in [6.07, 6.45) is 2.71.